The minimum atomic E-state index is 0. The molecule has 7 heteroatoms. The van der Waals surface area contributed by atoms with Crippen LogP contribution in [0.1, 0.15) is 43.4 Å². The zero-order chi connectivity index (χ0) is 19.4. The molecule has 158 valence electrons. The summed E-state index contributed by atoms with van der Waals surface area (Å²) < 4.78 is 7.84. The lowest BCUT2D eigenvalue weighted by Gasteiger charge is -2.42. The van der Waals surface area contributed by atoms with Gasteiger partial charge in [-0.2, -0.15) is 5.10 Å². The van der Waals surface area contributed by atoms with Crippen LogP contribution in [0.5, 0.6) is 0 Å². The van der Waals surface area contributed by atoms with Crippen molar-refractivity contribution in [1.82, 2.24) is 20.0 Å². The normalized spacial score (nSPS) is 21.2. The molecule has 29 heavy (non-hydrogen) atoms. The number of ether oxygens (including phenoxy) is 1. The number of nitrogens with one attached hydrogen (secondary N) is 1. The molecule has 1 atom stereocenters. The number of aliphatic imine (C=N–C) groups is 1. The fourth-order valence-electron chi connectivity index (χ4n) is 4.24. The second-order valence-corrected chi connectivity index (χ2v) is 7.92. The molecule has 1 saturated carbocycles. The Bertz CT molecular complexity index is 803. The Balaban J connectivity index is 0.00000240. The summed E-state index contributed by atoms with van der Waals surface area (Å²) in [5, 5.41) is 7.79. The molecular formula is C22H32IN5O. The Kier molecular flexibility index (Phi) is 7.56. The summed E-state index contributed by atoms with van der Waals surface area (Å²) in [6, 6.07) is 10.9. The van der Waals surface area contributed by atoms with E-state index in [0.29, 0.717) is 6.61 Å². The van der Waals surface area contributed by atoms with Crippen molar-refractivity contribution in [2.45, 2.75) is 37.7 Å². The van der Waals surface area contributed by atoms with Gasteiger partial charge in [-0.25, -0.2) is 0 Å². The number of morpholine rings is 1. The maximum Gasteiger partial charge on any atom is 0.194 e. The molecule has 2 aliphatic rings. The van der Waals surface area contributed by atoms with Crippen LogP contribution in [0.15, 0.2) is 47.7 Å². The number of rotatable bonds is 5. The zero-order valence-corrected chi connectivity index (χ0v) is 19.7. The molecule has 1 N–H and O–H groups in total. The Morgan fingerprint density at radius 1 is 1.31 bits per heavy atom. The first-order valence-corrected chi connectivity index (χ1v) is 10.4. The quantitative estimate of drug-likeness (QED) is 0.381. The van der Waals surface area contributed by atoms with Gasteiger partial charge in [-0.3, -0.25) is 9.67 Å². The van der Waals surface area contributed by atoms with Crippen molar-refractivity contribution in [2.24, 2.45) is 12.0 Å². The van der Waals surface area contributed by atoms with Crippen molar-refractivity contribution in [2.75, 3.05) is 32.8 Å². The molecule has 1 aliphatic heterocycles. The Morgan fingerprint density at radius 3 is 2.72 bits per heavy atom. The van der Waals surface area contributed by atoms with E-state index in [2.05, 4.69) is 52.6 Å². The van der Waals surface area contributed by atoms with Crippen LogP contribution in [-0.4, -0.2) is 53.4 Å². The van der Waals surface area contributed by atoms with Crippen LogP contribution in [0.3, 0.4) is 0 Å². The Morgan fingerprint density at radius 2 is 2.10 bits per heavy atom. The van der Waals surface area contributed by atoms with Crippen LogP contribution in [0.2, 0.25) is 0 Å². The van der Waals surface area contributed by atoms with Gasteiger partial charge in [-0.15, -0.1) is 24.0 Å². The minimum absolute atomic E-state index is 0. The van der Waals surface area contributed by atoms with E-state index < -0.39 is 0 Å². The monoisotopic (exact) mass is 509 g/mol. The highest BCUT2D eigenvalue weighted by atomic mass is 127. The Labute approximate surface area is 190 Å². The second-order valence-electron chi connectivity index (χ2n) is 7.92. The molecule has 1 saturated heterocycles. The van der Waals surface area contributed by atoms with Gasteiger partial charge in [0.15, 0.2) is 5.96 Å². The van der Waals surface area contributed by atoms with E-state index in [4.69, 9.17) is 9.73 Å². The number of guanidine groups is 1. The number of hydrogen-bond acceptors (Lipinski definition) is 3. The van der Waals surface area contributed by atoms with Crippen molar-refractivity contribution in [3.8, 4) is 0 Å². The SMILES string of the molecule is CCNC(=NCC1(c2ccccc2)CCC1)N1CCOC(c2cnn(C)c2)C1.I. The zero-order valence-electron chi connectivity index (χ0n) is 17.4. The molecule has 2 aromatic rings. The molecular weight excluding hydrogens is 477 g/mol. The van der Waals surface area contributed by atoms with Crippen molar-refractivity contribution in [1.29, 1.82) is 0 Å². The van der Waals surface area contributed by atoms with E-state index in [-0.39, 0.29) is 35.5 Å². The predicted octanol–water partition coefficient (Wildman–Crippen LogP) is 3.50. The third-order valence-electron chi connectivity index (χ3n) is 6.03. The van der Waals surface area contributed by atoms with E-state index in [9.17, 15) is 0 Å². The highest BCUT2D eigenvalue weighted by Gasteiger charge is 2.38. The first-order chi connectivity index (χ1) is 13.7. The molecule has 1 aromatic heterocycles. The summed E-state index contributed by atoms with van der Waals surface area (Å²) in [5.41, 5.74) is 2.76. The van der Waals surface area contributed by atoms with Crippen LogP contribution in [-0.2, 0) is 17.2 Å². The van der Waals surface area contributed by atoms with E-state index in [1.165, 1.54) is 24.8 Å². The number of aromatic nitrogens is 2. The topological polar surface area (TPSA) is 54.7 Å². The van der Waals surface area contributed by atoms with Gasteiger partial charge in [0.25, 0.3) is 0 Å². The number of hydrogen-bond donors (Lipinski definition) is 1. The lowest BCUT2D eigenvalue weighted by Crippen LogP contribution is -2.49. The third-order valence-corrected chi connectivity index (χ3v) is 6.03. The van der Waals surface area contributed by atoms with E-state index >= 15 is 0 Å². The lowest BCUT2D eigenvalue weighted by atomic mass is 9.64. The van der Waals surface area contributed by atoms with Crippen molar-refractivity contribution >= 4 is 29.9 Å². The molecule has 0 spiro atoms. The maximum atomic E-state index is 6.01. The van der Waals surface area contributed by atoms with Gasteiger partial charge in [0.1, 0.15) is 6.10 Å². The fourth-order valence-corrected chi connectivity index (χ4v) is 4.24. The van der Waals surface area contributed by atoms with Crippen LogP contribution in [0, 0.1) is 0 Å². The highest BCUT2D eigenvalue weighted by molar-refractivity contribution is 14.0. The molecule has 0 bridgehead atoms. The number of halogens is 1. The standard InChI is InChI=1S/C22H31N5O.HI/c1-3-23-21(24-17-22(10-7-11-22)19-8-5-4-6-9-19)27-12-13-28-20(16-27)18-14-25-26(2)15-18;/h4-6,8-9,14-15,20H,3,7,10-13,16-17H2,1-2H3,(H,23,24);1H. The third kappa shape index (κ3) is 4.94. The van der Waals surface area contributed by atoms with Crippen molar-refractivity contribution < 1.29 is 4.74 Å². The molecule has 6 nitrogen and oxygen atoms in total. The largest absolute Gasteiger partial charge is 0.370 e. The highest BCUT2D eigenvalue weighted by Crippen LogP contribution is 2.44. The van der Waals surface area contributed by atoms with Gasteiger partial charge in [-0.1, -0.05) is 36.8 Å². The van der Waals surface area contributed by atoms with Gasteiger partial charge in [0.2, 0.25) is 0 Å². The van der Waals surface area contributed by atoms with Crippen LogP contribution >= 0.6 is 24.0 Å². The summed E-state index contributed by atoms with van der Waals surface area (Å²) in [6.07, 6.45) is 7.72. The first-order valence-electron chi connectivity index (χ1n) is 10.4. The molecule has 0 radical (unpaired) electrons. The maximum absolute atomic E-state index is 6.01. The van der Waals surface area contributed by atoms with Gasteiger partial charge in [-0.05, 0) is 25.3 Å². The molecule has 1 unspecified atom stereocenters. The van der Waals surface area contributed by atoms with Crippen LogP contribution in [0.4, 0.5) is 0 Å². The minimum Gasteiger partial charge on any atom is -0.370 e. The Hall–Kier alpha value is -1.61. The first kappa shape index (κ1) is 22.1. The van der Waals surface area contributed by atoms with E-state index in [0.717, 1.165) is 37.7 Å². The predicted molar refractivity (Wildman–Crippen MR) is 127 cm³/mol. The fraction of sp³-hybridized carbons (Fsp3) is 0.545. The van der Waals surface area contributed by atoms with Gasteiger partial charge >= 0.3 is 0 Å². The van der Waals surface area contributed by atoms with E-state index in [1.807, 2.05) is 24.1 Å². The average molecular weight is 509 g/mol. The van der Waals surface area contributed by atoms with Gasteiger partial charge in [0.05, 0.1) is 25.9 Å². The number of nitrogens with zero attached hydrogens (tertiary/aromatic N) is 4. The summed E-state index contributed by atoms with van der Waals surface area (Å²) in [6.45, 7) is 6.20. The molecule has 2 fully saturated rings. The van der Waals surface area contributed by atoms with Crippen LogP contribution < -0.4 is 5.32 Å². The molecule has 2 heterocycles. The van der Waals surface area contributed by atoms with Crippen molar-refractivity contribution in [3.05, 3.63) is 53.9 Å². The average Bonchev–Trinajstić information content (AvgIpc) is 3.14. The van der Waals surface area contributed by atoms with Crippen LogP contribution in [0.25, 0.3) is 0 Å². The summed E-state index contributed by atoms with van der Waals surface area (Å²) >= 11 is 0. The molecule has 1 aromatic carbocycles. The summed E-state index contributed by atoms with van der Waals surface area (Å²) in [4.78, 5) is 7.43. The summed E-state index contributed by atoms with van der Waals surface area (Å²) in [7, 11) is 1.94. The second kappa shape index (κ2) is 9.93. The number of aryl methyl sites for hydroxylation is 1. The summed E-state index contributed by atoms with van der Waals surface area (Å²) in [5.74, 6) is 1.00. The van der Waals surface area contributed by atoms with E-state index in [1.54, 1.807) is 0 Å². The molecule has 1 aliphatic carbocycles. The lowest BCUT2D eigenvalue weighted by molar-refractivity contribution is -0.00810. The molecule has 4 rings (SSSR count). The molecule has 0 amide bonds. The van der Waals surface area contributed by atoms with Crippen molar-refractivity contribution in [3.63, 3.8) is 0 Å². The smallest absolute Gasteiger partial charge is 0.194 e. The van der Waals surface area contributed by atoms with Gasteiger partial charge < -0.3 is 15.0 Å². The van der Waals surface area contributed by atoms with Gasteiger partial charge in [0, 0.05) is 37.3 Å². The number of benzene rings is 1.